The van der Waals surface area contributed by atoms with Gasteiger partial charge in [-0.25, -0.2) is 0 Å². The third-order valence-corrected chi connectivity index (χ3v) is 1.64. The normalized spacial score (nSPS) is 9.92. The van der Waals surface area contributed by atoms with Crippen molar-refractivity contribution in [2.45, 2.75) is 6.42 Å². The van der Waals surface area contributed by atoms with E-state index in [-0.39, 0.29) is 5.91 Å². The molecular formula is C8H18N2O2. The first-order valence-electron chi connectivity index (χ1n) is 4.10. The first kappa shape index (κ1) is 11.4. The zero-order chi connectivity index (χ0) is 9.40. The number of carbonyl (C=O) groups excluding carboxylic acids is 1. The highest BCUT2D eigenvalue weighted by Crippen LogP contribution is 1.89. The molecule has 0 bridgehead atoms. The van der Waals surface area contributed by atoms with E-state index in [4.69, 9.17) is 4.74 Å². The average Bonchev–Trinajstić information content (AvgIpc) is 2.10. The fraction of sp³-hybridized carbons (Fsp3) is 0.875. The molecule has 0 spiro atoms. The van der Waals surface area contributed by atoms with Crippen LogP contribution in [0.4, 0.5) is 0 Å². The summed E-state index contributed by atoms with van der Waals surface area (Å²) in [4.78, 5) is 12.9. The van der Waals surface area contributed by atoms with E-state index in [0.717, 1.165) is 13.1 Å². The van der Waals surface area contributed by atoms with Gasteiger partial charge < -0.3 is 15.0 Å². The van der Waals surface area contributed by atoms with Crippen molar-refractivity contribution in [2.75, 3.05) is 40.9 Å². The van der Waals surface area contributed by atoms with Gasteiger partial charge in [0.2, 0.25) is 5.91 Å². The van der Waals surface area contributed by atoms with E-state index < -0.39 is 0 Å². The van der Waals surface area contributed by atoms with E-state index >= 15 is 0 Å². The van der Waals surface area contributed by atoms with Crippen LogP contribution in [0.15, 0.2) is 0 Å². The second-order valence-electron chi connectivity index (χ2n) is 2.66. The lowest BCUT2D eigenvalue weighted by atomic mass is 10.4. The molecule has 0 aliphatic heterocycles. The molecule has 1 amide bonds. The summed E-state index contributed by atoms with van der Waals surface area (Å²) in [6.07, 6.45) is 0.469. The number of likely N-dealkylation sites (N-methyl/N-ethyl adjacent to an activating group) is 2. The van der Waals surface area contributed by atoms with Gasteiger partial charge in [0.25, 0.3) is 0 Å². The predicted octanol–water partition coefficient (Wildman–Crippen LogP) is -0.299. The maximum absolute atomic E-state index is 11.2. The van der Waals surface area contributed by atoms with Gasteiger partial charge in [-0.15, -0.1) is 0 Å². The molecule has 0 fully saturated rings. The quantitative estimate of drug-likeness (QED) is 0.601. The van der Waals surface area contributed by atoms with Gasteiger partial charge in [-0.3, -0.25) is 4.79 Å². The zero-order valence-electron chi connectivity index (χ0n) is 8.09. The Hall–Kier alpha value is -0.610. The number of methoxy groups -OCH3 is 1. The number of ether oxygens (including phenoxy) is 1. The molecule has 0 aromatic rings. The molecule has 0 saturated carbocycles. The number of nitrogens with zero attached hydrogens (tertiary/aromatic N) is 1. The molecule has 0 aliphatic carbocycles. The van der Waals surface area contributed by atoms with E-state index in [1.807, 2.05) is 7.05 Å². The van der Waals surface area contributed by atoms with Crippen LogP contribution in [-0.2, 0) is 9.53 Å². The van der Waals surface area contributed by atoms with Gasteiger partial charge in [0, 0.05) is 27.2 Å². The first-order chi connectivity index (χ1) is 5.72. The monoisotopic (exact) mass is 174 g/mol. The smallest absolute Gasteiger partial charge is 0.224 e. The summed E-state index contributed by atoms with van der Waals surface area (Å²) in [5.74, 6) is 0.132. The average molecular weight is 174 g/mol. The molecule has 0 aromatic heterocycles. The fourth-order valence-electron chi connectivity index (χ4n) is 0.784. The van der Waals surface area contributed by atoms with Gasteiger partial charge in [-0.1, -0.05) is 0 Å². The van der Waals surface area contributed by atoms with Crippen LogP contribution in [0, 0.1) is 0 Å². The Kier molecular flexibility index (Phi) is 6.70. The lowest BCUT2D eigenvalue weighted by Gasteiger charge is -2.16. The fourth-order valence-corrected chi connectivity index (χ4v) is 0.784. The predicted molar refractivity (Wildman–Crippen MR) is 48.1 cm³/mol. The van der Waals surface area contributed by atoms with Crippen molar-refractivity contribution in [3.63, 3.8) is 0 Å². The van der Waals surface area contributed by atoms with E-state index in [2.05, 4.69) is 5.32 Å². The van der Waals surface area contributed by atoms with Crippen LogP contribution in [0.3, 0.4) is 0 Å². The Labute approximate surface area is 73.9 Å². The molecule has 0 aromatic carbocycles. The van der Waals surface area contributed by atoms with Gasteiger partial charge in [-0.05, 0) is 7.05 Å². The van der Waals surface area contributed by atoms with Crippen LogP contribution in [0.1, 0.15) is 6.42 Å². The Balaban J connectivity index is 3.47. The van der Waals surface area contributed by atoms with E-state index in [9.17, 15) is 4.79 Å². The SMILES string of the molecule is CNCCN(C)C(=O)CCOC. The van der Waals surface area contributed by atoms with E-state index in [1.54, 1.807) is 19.1 Å². The number of rotatable bonds is 6. The molecule has 4 nitrogen and oxygen atoms in total. The largest absolute Gasteiger partial charge is 0.384 e. The number of hydrogen-bond acceptors (Lipinski definition) is 3. The molecular weight excluding hydrogens is 156 g/mol. The molecule has 0 heterocycles. The minimum Gasteiger partial charge on any atom is -0.384 e. The summed E-state index contributed by atoms with van der Waals surface area (Å²) in [6.45, 7) is 2.08. The van der Waals surface area contributed by atoms with Crippen molar-refractivity contribution < 1.29 is 9.53 Å². The van der Waals surface area contributed by atoms with E-state index in [1.165, 1.54) is 0 Å². The molecule has 72 valence electrons. The lowest BCUT2D eigenvalue weighted by Crippen LogP contribution is -2.33. The molecule has 0 atom stereocenters. The summed E-state index contributed by atoms with van der Waals surface area (Å²) in [5, 5.41) is 2.98. The van der Waals surface area contributed by atoms with Crippen LogP contribution in [0.5, 0.6) is 0 Å². The second kappa shape index (κ2) is 7.06. The topological polar surface area (TPSA) is 41.6 Å². The highest BCUT2D eigenvalue weighted by molar-refractivity contribution is 5.75. The van der Waals surface area contributed by atoms with E-state index in [0.29, 0.717) is 13.0 Å². The maximum Gasteiger partial charge on any atom is 0.224 e. The molecule has 1 N–H and O–H groups in total. The Morgan fingerprint density at radius 1 is 1.58 bits per heavy atom. The van der Waals surface area contributed by atoms with Gasteiger partial charge in [0.1, 0.15) is 0 Å². The highest BCUT2D eigenvalue weighted by atomic mass is 16.5. The lowest BCUT2D eigenvalue weighted by molar-refractivity contribution is -0.130. The number of nitrogens with one attached hydrogen (secondary N) is 1. The van der Waals surface area contributed by atoms with Crippen molar-refractivity contribution in [3.05, 3.63) is 0 Å². The third-order valence-electron chi connectivity index (χ3n) is 1.64. The van der Waals surface area contributed by atoms with Crippen molar-refractivity contribution in [1.29, 1.82) is 0 Å². The second-order valence-corrected chi connectivity index (χ2v) is 2.66. The summed E-state index contributed by atoms with van der Waals surface area (Å²) in [7, 11) is 5.27. The minimum absolute atomic E-state index is 0.132. The number of carbonyl (C=O) groups is 1. The van der Waals surface area contributed by atoms with Crippen LogP contribution in [0.2, 0.25) is 0 Å². The molecule has 4 heteroatoms. The highest BCUT2D eigenvalue weighted by Gasteiger charge is 2.06. The molecule has 0 unspecified atom stereocenters. The molecule has 12 heavy (non-hydrogen) atoms. The minimum atomic E-state index is 0.132. The Bertz CT molecular complexity index is 128. The zero-order valence-corrected chi connectivity index (χ0v) is 8.09. The number of amides is 1. The van der Waals surface area contributed by atoms with Crippen LogP contribution in [-0.4, -0.2) is 51.7 Å². The Morgan fingerprint density at radius 3 is 2.75 bits per heavy atom. The first-order valence-corrected chi connectivity index (χ1v) is 4.10. The van der Waals surface area contributed by atoms with Crippen molar-refractivity contribution in [2.24, 2.45) is 0 Å². The van der Waals surface area contributed by atoms with Crippen LogP contribution in [0.25, 0.3) is 0 Å². The molecule has 0 saturated heterocycles. The molecule has 0 aliphatic rings. The Morgan fingerprint density at radius 2 is 2.25 bits per heavy atom. The van der Waals surface area contributed by atoms with Crippen LogP contribution >= 0.6 is 0 Å². The molecule has 0 rings (SSSR count). The van der Waals surface area contributed by atoms with Gasteiger partial charge >= 0.3 is 0 Å². The maximum atomic E-state index is 11.2. The van der Waals surface area contributed by atoms with Gasteiger partial charge in [0.15, 0.2) is 0 Å². The van der Waals surface area contributed by atoms with Crippen LogP contribution < -0.4 is 5.32 Å². The van der Waals surface area contributed by atoms with Gasteiger partial charge in [0.05, 0.1) is 13.0 Å². The summed E-state index contributed by atoms with van der Waals surface area (Å²) < 4.78 is 4.80. The van der Waals surface area contributed by atoms with Crippen molar-refractivity contribution >= 4 is 5.91 Å². The summed E-state index contributed by atoms with van der Waals surface area (Å²) in [5.41, 5.74) is 0. The standard InChI is InChI=1S/C8H18N2O2/c1-9-5-6-10(2)8(11)4-7-12-3/h9H,4-7H2,1-3H3. The van der Waals surface area contributed by atoms with Gasteiger partial charge in [-0.2, -0.15) is 0 Å². The van der Waals surface area contributed by atoms with Crippen molar-refractivity contribution in [1.82, 2.24) is 10.2 Å². The summed E-state index contributed by atoms with van der Waals surface area (Å²) in [6, 6.07) is 0. The third kappa shape index (κ3) is 5.09. The molecule has 0 radical (unpaired) electrons. The number of hydrogen-bond donors (Lipinski definition) is 1. The summed E-state index contributed by atoms with van der Waals surface area (Å²) >= 11 is 0. The van der Waals surface area contributed by atoms with Crippen molar-refractivity contribution in [3.8, 4) is 0 Å².